The van der Waals surface area contributed by atoms with Gasteiger partial charge < -0.3 is 4.90 Å². The number of amides is 1. The first-order chi connectivity index (χ1) is 15.5. The van der Waals surface area contributed by atoms with Gasteiger partial charge in [0.25, 0.3) is 5.91 Å². The number of benzene rings is 3. The lowest BCUT2D eigenvalue weighted by atomic mass is 9.92. The summed E-state index contributed by atoms with van der Waals surface area (Å²) < 4.78 is 28.5. The number of hydrogen-bond acceptors (Lipinski definition) is 3. The second-order valence-electron chi connectivity index (χ2n) is 8.50. The molecule has 1 aliphatic heterocycles. The zero-order valence-electron chi connectivity index (χ0n) is 17.9. The van der Waals surface area contributed by atoms with E-state index >= 15 is 0 Å². The number of sulfonamides is 1. The fourth-order valence-electron chi connectivity index (χ4n) is 4.62. The molecule has 32 heavy (non-hydrogen) atoms. The number of rotatable bonds is 5. The first kappa shape index (κ1) is 20.9. The summed E-state index contributed by atoms with van der Waals surface area (Å²) in [6.07, 6.45) is 5.04. The van der Waals surface area contributed by atoms with E-state index < -0.39 is 10.0 Å². The van der Waals surface area contributed by atoms with Gasteiger partial charge in [0.1, 0.15) is 0 Å². The van der Waals surface area contributed by atoms with Crippen molar-refractivity contribution in [1.29, 1.82) is 0 Å². The van der Waals surface area contributed by atoms with Crippen molar-refractivity contribution in [3.05, 3.63) is 94.5 Å². The molecule has 0 atom stereocenters. The average molecular weight is 447 g/mol. The predicted molar refractivity (Wildman–Crippen MR) is 125 cm³/mol. The largest absolute Gasteiger partial charge is 0.308 e. The van der Waals surface area contributed by atoms with Gasteiger partial charge in [-0.25, -0.2) is 13.1 Å². The van der Waals surface area contributed by atoms with Crippen LogP contribution in [-0.4, -0.2) is 20.9 Å². The Morgan fingerprint density at radius 3 is 2.41 bits per heavy atom. The number of nitrogens with one attached hydrogen (secondary N) is 1. The van der Waals surface area contributed by atoms with Crippen LogP contribution in [-0.2, 0) is 35.8 Å². The Balaban J connectivity index is 1.33. The highest BCUT2D eigenvalue weighted by molar-refractivity contribution is 7.89. The highest BCUT2D eigenvalue weighted by Gasteiger charge is 2.26. The molecule has 1 amide bonds. The van der Waals surface area contributed by atoms with Gasteiger partial charge in [-0.2, -0.15) is 0 Å². The normalized spacial score (nSPS) is 15.3. The number of hydrogen-bond donors (Lipinski definition) is 1. The van der Waals surface area contributed by atoms with Crippen LogP contribution in [0, 0.1) is 0 Å². The van der Waals surface area contributed by atoms with Gasteiger partial charge in [-0.3, -0.25) is 4.79 Å². The van der Waals surface area contributed by atoms with E-state index in [1.807, 2.05) is 60.7 Å². The summed E-state index contributed by atoms with van der Waals surface area (Å²) >= 11 is 0. The van der Waals surface area contributed by atoms with E-state index in [0.717, 1.165) is 48.1 Å². The van der Waals surface area contributed by atoms with Crippen LogP contribution in [0.15, 0.2) is 71.6 Å². The smallest absolute Gasteiger partial charge is 0.258 e. The molecular formula is C26H26N2O3S. The van der Waals surface area contributed by atoms with Gasteiger partial charge in [0.2, 0.25) is 10.0 Å². The lowest BCUT2D eigenvalue weighted by molar-refractivity contribution is 0.0989. The molecule has 5 rings (SSSR count). The van der Waals surface area contributed by atoms with Crippen LogP contribution in [0.4, 0.5) is 5.69 Å². The molecule has 0 unspecified atom stereocenters. The van der Waals surface area contributed by atoms with Crippen molar-refractivity contribution < 1.29 is 13.2 Å². The minimum atomic E-state index is -3.61. The lowest BCUT2D eigenvalue weighted by Crippen LogP contribution is -2.29. The molecular weight excluding hydrogens is 420 g/mol. The molecule has 0 bridgehead atoms. The minimum Gasteiger partial charge on any atom is -0.308 e. The molecule has 3 aromatic carbocycles. The molecule has 0 aromatic heterocycles. The zero-order valence-corrected chi connectivity index (χ0v) is 18.7. The fraction of sp³-hybridized carbons (Fsp3) is 0.269. The van der Waals surface area contributed by atoms with Crippen LogP contribution in [0.2, 0.25) is 0 Å². The van der Waals surface area contributed by atoms with E-state index in [1.165, 1.54) is 12.0 Å². The van der Waals surface area contributed by atoms with Gasteiger partial charge in [0, 0.05) is 24.3 Å². The average Bonchev–Trinajstić information content (AvgIpc) is 3.26. The Labute approximate surface area is 189 Å². The third-order valence-electron chi connectivity index (χ3n) is 6.41. The third-order valence-corrected chi connectivity index (χ3v) is 7.81. The van der Waals surface area contributed by atoms with Crippen LogP contribution < -0.4 is 9.62 Å². The third kappa shape index (κ3) is 4.08. The SMILES string of the molecule is O=C(c1ccccc1)N1CCc2ccc(CNS(=O)(=O)c3ccc4c(c3)CCCC4)cc21. The molecule has 1 N–H and O–H groups in total. The number of anilines is 1. The molecule has 3 aromatic rings. The Morgan fingerprint density at radius 1 is 0.844 bits per heavy atom. The van der Waals surface area contributed by atoms with Crippen molar-refractivity contribution in [2.45, 2.75) is 43.5 Å². The van der Waals surface area contributed by atoms with E-state index in [0.29, 0.717) is 17.0 Å². The van der Waals surface area contributed by atoms with Gasteiger partial charge in [0.05, 0.1) is 4.90 Å². The topological polar surface area (TPSA) is 66.5 Å². The maximum absolute atomic E-state index is 13.0. The molecule has 164 valence electrons. The highest BCUT2D eigenvalue weighted by atomic mass is 32.2. The summed E-state index contributed by atoms with van der Waals surface area (Å²) in [5.74, 6) is -0.0314. The molecule has 1 heterocycles. The van der Waals surface area contributed by atoms with Crippen LogP contribution in [0.25, 0.3) is 0 Å². The summed E-state index contributed by atoms with van der Waals surface area (Å²) in [5.41, 5.74) is 5.86. The van der Waals surface area contributed by atoms with Gasteiger partial charge in [-0.15, -0.1) is 0 Å². The van der Waals surface area contributed by atoms with Crippen molar-refractivity contribution in [3.63, 3.8) is 0 Å². The number of carbonyl (C=O) groups excluding carboxylic acids is 1. The number of carbonyl (C=O) groups is 1. The monoisotopic (exact) mass is 446 g/mol. The van der Waals surface area contributed by atoms with E-state index in [9.17, 15) is 13.2 Å². The van der Waals surface area contributed by atoms with E-state index in [2.05, 4.69) is 4.72 Å². The minimum absolute atomic E-state index is 0.0314. The Kier molecular flexibility index (Phi) is 5.57. The summed E-state index contributed by atoms with van der Waals surface area (Å²) in [6.45, 7) is 0.813. The Hall–Kier alpha value is -2.96. The van der Waals surface area contributed by atoms with Crippen molar-refractivity contribution in [1.82, 2.24) is 4.72 Å². The summed E-state index contributed by atoms with van der Waals surface area (Å²) in [4.78, 5) is 15.1. The standard InChI is InChI=1S/C26H26N2O3S/c29-26(22-7-2-1-3-8-22)28-15-14-21-11-10-19(16-25(21)28)18-27-32(30,31)24-13-12-20-6-4-5-9-23(20)17-24/h1-3,7-8,10-13,16-17,27H,4-6,9,14-15,18H2. The van der Waals surface area contributed by atoms with Crippen molar-refractivity contribution in [3.8, 4) is 0 Å². The maximum atomic E-state index is 13.0. The number of fused-ring (bicyclic) bond motifs is 2. The molecule has 0 saturated carbocycles. The first-order valence-electron chi connectivity index (χ1n) is 11.1. The Morgan fingerprint density at radius 2 is 1.59 bits per heavy atom. The zero-order chi connectivity index (χ0) is 22.1. The van der Waals surface area contributed by atoms with Crippen molar-refractivity contribution in [2.24, 2.45) is 0 Å². The Bertz CT molecular complexity index is 1270. The van der Waals surface area contributed by atoms with Crippen LogP contribution in [0.1, 0.15) is 45.5 Å². The maximum Gasteiger partial charge on any atom is 0.258 e. The van der Waals surface area contributed by atoms with Gasteiger partial charge >= 0.3 is 0 Å². The summed E-state index contributed by atoms with van der Waals surface area (Å²) in [7, 11) is -3.61. The number of nitrogens with zero attached hydrogens (tertiary/aromatic N) is 1. The molecule has 2 aliphatic rings. The second-order valence-corrected chi connectivity index (χ2v) is 10.3. The second kappa shape index (κ2) is 8.52. The summed E-state index contributed by atoms with van der Waals surface area (Å²) in [5, 5.41) is 0. The molecule has 0 spiro atoms. The fourth-order valence-corrected chi connectivity index (χ4v) is 5.69. The van der Waals surface area contributed by atoms with E-state index in [1.54, 1.807) is 11.0 Å². The van der Waals surface area contributed by atoms with Gasteiger partial charge in [-0.1, -0.05) is 36.4 Å². The highest BCUT2D eigenvalue weighted by Crippen LogP contribution is 2.31. The van der Waals surface area contributed by atoms with Crippen molar-refractivity contribution in [2.75, 3.05) is 11.4 Å². The molecule has 0 saturated heterocycles. The van der Waals surface area contributed by atoms with E-state index in [-0.39, 0.29) is 12.5 Å². The van der Waals surface area contributed by atoms with E-state index in [4.69, 9.17) is 0 Å². The molecule has 0 fully saturated rings. The van der Waals surface area contributed by atoms with Crippen LogP contribution >= 0.6 is 0 Å². The predicted octanol–water partition coefficient (Wildman–Crippen LogP) is 4.25. The lowest BCUT2D eigenvalue weighted by Gasteiger charge is -2.18. The first-order valence-corrected chi connectivity index (χ1v) is 12.6. The molecule has 0 radical (unpaired) electrons. The van der Waals surface area contributed by atoms with Crippen LogP contribution in [0.3, 0.4) is 0 Å². The van der Waals surface area contributed by atoms with Gasteiger partial charge in [-0.05, 0) is 84.7 Å². The van der Waals surface area contributed by atoms with Gasteiger partial charge in [0.15, 0.2) is 0 Å². The summed E-state index contributed by atoms with van der Waals surface area (Å²) in [6, 6.07) is 20.6. The van der Waals surface area contributed by atoms with Crippen LogP contribution in [0.5, 0.6) is 0 Å². The molecule has 6 heteroatoms. The van der Waals surface area contributed by atoms with Crippen molar-refractivity contribution >= 4 is 21.6 Å². The number of aryl methyl sites for hydroxylation is 2. The quantitative estimate of drug-likeness (QED) is 0.637. The molecule has 1 aliphatic carbocycles. The molecule has 5 nitrogen and oxygen atoms in total.